The second-order valence-electron chi connectivity index (χ2n) is 5.62. The van der Waals surface area contributed by atoms with Crippen LogP contribution < -0.4 is 11.5 Å². The highest BCUT2D eigenvalue weighted by Gasteiger charge is 2.55. The van der Waals surface area contributed by atoms with Crippen LogP contribution >= 0.6 is 0 Å². The molecule has 1 saturated heterocycles. The zero-order chi connectivity index (χ0) is 17.5. The number of nitrogens with two attached hydrogens (primary N) is 2. The van der Waals surface area contributed by atoms with Gasteiger partial charge in [0.2, 0.25) is 5.95 Å². The van der Waals surface area contributed by atoms with Gasteiger partial charge in [-0.3, -0.25) is 4.57 Å². The minimum Gasteiger partial charge on any atom is -0.394 e. The Hall–Kier alpha value is -2.05. The van der Waals surface area contributed by atoms with E-state index in [1.54, 1.807) is 0 Å². The third-order valence-electron chi connectivity index (χ3n) is 4.21. The Bertz CT molecular complexity index is 739. The van der Waals surface area contributed by atoms with Crippen LogP contribution in [0.2, 0.25) is 0 Å². The van der Waals surface area contributed by atoms with Crippen molar-refractivity contribution in [1.82, 2.24) is 19.5 Å². The number of nitrogens with zero attached hydrogens (tertiary/aromatic N) is 4. The van der Waals surface area contributed by atoms with Crippen molar-refractivity contribution >= 4 is 22.9 Å². The smallest absolute Gasteiger partial charge is 0.224 e. The highest BCUT2D eigenvalue weighted by molar-refractivity contribution is 5.82. The van der Waals surface area contributed by atoms with Gasteiger partial charge in [-0.05, 0) is 0 Å². The number of aliphatic hydroxyl groups is 3. The molecule has 1 aliphatic heterocycles. The quantitative estimate of drug-likeness (QED) is 0.401. The molecule has 11 heteroatoms. The maximum atomic E-state index is 10.6. The summed E-state index contributed by atoms with van der Waals surface area (Å²) in [4.78, 5) is 12.1. The Labute approximate surface area is 136 Å². The third kappa shape index (κ3) is 2.37. The van der Waals surface area contributed by atoms with Crippen LogP contribution in [0.4, 0.5) is 11.8 Å². The number of fused-ring (bicyclic) bond motifs is 1. The summed E-state index contributed by atoms with van der Waals surface area (Å²) in [5.41, 5.74) is 10.6. The van der Waals surface area contributed by atoms with Gasteiger partial charge in [-0.1, -0.05) is 0 Å². The number of rotatable bonds is 5. The Balaban J connectivity index is 2.17. The maximum Gasteiger partial charge on any atom is 0.224 e. The third-order valence-corrected chi connectivity index (χ3v) is 4.21. The van der Waals surface area contributed by atoms with E-state index in [9.17, 15) is 15.3 Å². The minimum absolute atomic E-state index is 0.0598. The fourth-order valence-electron chi connectivity index (χ4n) is 3.01. The molecule has 0 aromatic carbocycles. The Morgan fingerprint density at radius 2 is 2.12 bits per heavy atom. The molecule has 0 saturated carbocycles. The van der Waals surface area contributed by atoms with E-state index in [1.165, 1.54) is 18.0 Å². The molecule has 1 fully saturated rings. The number of hydrogen-bond donors (Lipinski definition) is 5. The zero-order valence-electron chi connectivity index (χ0n) is 13.0. The van der Waals surface area contributed by atoms with Gasteiger partial charge in [0, 0.05) is 13.5 Å². The van der Waals surface area contributed by atoms with E-state index < -0.39 is 30.6 Å². The Kier molecular flexibility index (Phi) is 4.27. The number of aliphatic hydroxyl groups excluding tert-OH is 3. The van der Waals surface area contributed by atoms with E-state index in [0.717, 1.165) is 0 Å². The second kappa shape index (κ2) is 6.11. The average Bonchev–Trinajstić information content (AvgIpc) is 3.08. The molecule has 1 aliphatic rings. The van der Waals surface area contributed by atoms with Gasteiger partial charge in [0.25, 0.3) is 0 Å². The summed E-state index contributed by atoms with van der Waals surface area (Å²) in [6.07, 6.45) is -2.06. The topological polar surface area (TPSA) is 175 Å². The predicted octanol–water partition coefficient (Wildman–Crippen LogP) is -2.21. The molecular weight excluding hydrogens is 320 g/mol. The lowest BCUT2D eigenvalue weighted by Gasteiger charge is -2.33. The summed E-state index contributed by atoms with van der Waals surface area (Å²) < 4.78 is 12.3. The maximum absolute atomic E-state index is 10.6. The van der Waals surface area contributed by atoms with E-state index in [4.69, 9.17) is 20.9 Å². The molecule has 11 nitrogen and oxygen atoms in total. The van der Waals surface area contributed by atoms with Crippen molar-refractivity contribution in [2.24, 2.45) is 0 Å². The van der Waals surface area contributed by atoms with Crippen LogP contribution in [0.3, 0.4) is 0 Å². The lowest BCUT2D eigenvalue weighted by molar-refractivity contribution is -0.157. The van der Waals surface area contributed by atoms with Crippen molar-refractivity contribution in [2.75, 3.05) is 31.8 Å². The van der Waals surface area contributed by atoms with Crippen molar-refractivity contribution in [2.45, 2.75) is 30.5 Å². The van der Waals surface area contributed by atoms with Crippen LogP contribution in [0, 0.1) is 0 Å². The largest absolute Gasteiger partial charge is 0.394 e. The second-order valence-corrected chi connectivity index (χ2v) is 5.62. The number of anilines is 2. The molecule has 2 aromatic heterocycles. The van der Waals surface area contributed by atoms with Crippen molar-refractivity contribution in [3.63, 3.8) is 0 Å². The summed E-state index contributed by atoms with van der Waals surface area (Å²) in [6, 6.07) is 0. The summed E-state index contributed by atoms with van der Waals surface area (Å²) in [5, 5.41) is 30.2. The lowest BCUT2D eigenvalue weighted by Crippen LogP contribution is -2.46. The highest BCUT2D eigenvalue weighted by atomic mass is 16.6. The molecule has 2 aromatic rings. The van der Waals surface area contributed by atoms with Gasteiger partial charge in [0.05, 0.1) is 19.5 Å². The number of imidazole rings is 1. The molecule has 132 valence electrons. The molecule has 0 amide bonds. The molecule has 3 rings (SSSR count). The first-order valence-corrected chi connectivity index (χ1v) is 7.35. The number of methoxy groups -OCH3 is 1. The average molecular weight is 340 g/mol. The van der Waals surface area contributed by atoms with Crippen molar-refractivity contribution in [1.29, 1.82) is 0 Å². The SMILES string of the molecule is COCCC1(n2cnc3c(N)nc(N)nc32)O[C@H](CO)[C@@H](O)[C@H]1O. The molecule has 0 radical (unpaired) electrons. The number of aromatic nitrogens is 4. The summed E-state index contributed by atoms with van der Waals surface area (Å²) >= 11 is 0. The van der Waals surface area contributed by atoms with Gasteiger partial charge in [0.15, 0.2) is 17.2 Å². The van der Waals surface area contributed by atoms with Crippen LogP contribution in [-0.4, -0.2) is 73.5 Å². The van der Waals surface area contributed by atoms with Gasteiger partial charge in [-0.25, -0.2) is 4.98 Å². The first kappa shape index (κ1) is 16.8. The van der Waals surface area contributed by atoms with Crippen molar-refractivity contribution < 1.29 is 24.8 Å². The van der Waals surface area contributed by atoms with E-state index >= 15 is 0 Å². The summed E-state index contributed by atoms with van der Waals surface area (Å²) in [6.45, 7) is -0.240. The van der Waals surface area contributed by atoms with Crippen molar-refractivity contribution in [3.05, 3.63) is 6.33 Å². The van der Waals surface area contributed by atoms with E-state index in [-0.39, 0.29) is 30.4 Å². The fourth-order valence-corrected chi connectivity index (χ4v) is 3.01. The molecule has 7 N–H and O–H groups in total. The number of ether oxygens (including phenoxy) is 2. The van der Waals surface area contributed by atoms with E-state index in [1.807, 2.05) is 0 Å². The van der Waals surface area contributed by atoms with Gasteiger partial charge < -0.3 is 36.3 Å². The van der Waals surface area contributed by atoms with Crippen LogP contribution in [0.25, 0.3) is 11.2 Å². The highest BCUT2D eigenvalue weighted by Crippen LogP contribution is 2.40. The molecule has 0 aliphatic carbocycles. The molecule has 24 heavy (non-hydrogen) atoms. The molecule has 0 spiro atoms. The van der Waals surface area contributed by atoms with Gasteiger partial charge in [-0.2, -0.15) is 9.97 Å². The molecule has 0 bridgehead atoms. The van der Waals surface area contributed by atoms with Crippen LogP contribution in [0.5, 0.6) is 0 Å². The molecule has 4 atom stereocenters. The summed E-state index contributed by atoms with van der Waals surface area (Å²) in [5.74, 6) is 0.0280. The van der Waals surface area contributed by atoms with Gasteiger partial charge >= 0.3 is 0 Å². The van der Waals surface area contributed by atoms with E-state index in [2.05, 4.69) is 15.0 Å². The monoisotopic (exact) mass is 340 g/mol. The number of hydrogen-bond acceptors (Lipinski definition) is 10. The molecule has 3 heterocycles. The standard InChI is InChI=1S/C13H20N6O5/c1-23-3-2-13(9(22)8(21)6(4-20)24-13)19-5-16-7-10(14)17-12(15)18-11(7)19/h5-6,8-9,20-22H,2-4H2,1H3,(H4,14,15,17,18)/t6-,8-,9-,13?/m1/s1. The summed E-state index contributed by atoms with van der Waals surface area (Å²) in [7, 11) is 1.50. The van der Waals surface area contributed by atoms with Gasteiger partial charge in [0.1, 0.15) is 23.8 Å². The normalized spacial score (nSPS) is 30.2. The lowest BCUT2D eigenvalue weighted by atomic mass is 9.99. The predicted molar refractivity (Wildman–Crippen MR) is 82.6 cm³/mol. The Morgan fingerprint density at radius 1 is 1.38 bits per heavy atom. The fraction of sp³-hybridized carbons (Fsp3) is 0.615. The number of nitrogen functional groups attached to an aromatic ring is 2. The van der Waals surface area contributed by atoms with Crippen LogP contribution in [-0.2, 0) is 15.2 Å². The first-order chi connectivity index (χ1) is 11.4. The van der Waals surface area contributed by atoms with Crippen LogP contribution in [0.1, 0.15) is 6.42 Å². The first-order valence-electron chi connectivity index (χ1n) is 7.35. The van der Waals surface area contributed by atoms with Crippen LogP contribution in [0.15, 0.2) is 6.33 Å². The van der Waals surface area contributed by atoms with Crippen molar-refractivity contribution in [3.8, 4) is 0 Å². The minimum atomic E-state index is -1.44. The van der Waals surface area contributed by atoms with E-state index in [0.29, 0.717) is 5.52 Å². The van der Waals surface area contributed by atoms with Gasteiger partial charge in [-0.15, -0.1) is 0 Å². The molecular formula is C13H20N6O5. The zero-order valence-corrected chi connectivity index (χ0v) is 13.0. The Morgan fingerprint density at radius 3 is 2.75 bits per heavy atom. The molecule has 1 unspecified atom stereocenters.